The lowest BCUT2D eigenvalue weighted by Gasteiger charge is -2.10. The molecule has 0 aromatic heterocycles. The van der Waals surface area contributed by atoms with Crippen LogP contribution in [0.3, 0.4) is 0 Å². The van der Waals surface area contributed by atoms with Gasteiger partial charge >= 0.3 is 0 Å². The molecule has 0 amide bonds. The van der Waals surface area contributed by atoms with Crippen molar-refractivity contribution < 1.29 is 9.47 Å². The zero-order valence-electron chi connectivity index (χ0n) is 10.3. The summed E-state index contributed by atoms with van der Waals surface area (Å²) in [6.07, 6.45) is 0. The molecule has 16 heavy (non-hydrogen) atoms. The van der Waals surface area contributed by atoms with Gasteiger partial charge in [0, 0.05) is 18.7 Å². The van der Waals surface area contributed by atoms with E-state index in [2.05, 4.69) is 19.2 Å². The second kappa shape index (κ2) is 7.12. The van der Waals surface area contributed by atoms with Crippen molar-refractivity contribution in [2.24, 2.45) is 0 Å². The number of hydrogen-bond donors (Lipinski definition) is 1. The maximum Gasteiger partial charge on any atom is 0.123 e. The van der Waals surface area contributed by atoms with Gasteiger partial charge < -0.3 is 14.8 Å². The van der Waals surface area contributed by atoms with Crippen molar-refractivity contribution in [2.75, 3.05) is 19.8 Å². The number of ether oxygens (including phenoxy) is 2. The molecule has 0 aliphatic heterocycles. The Hall–Kier alpha value is -1.22. The van der Waals surface area contributed by atoms with Crippen molar-refractivity contribution >= 4 is 0 Å². The van der Waals surface area contributed by atoms with Crippen molar-refractivity contribution in [1.29, 1.82) is 0 Å². The fourth-order valence-electron chi connectivity index (χ4n) is 1.34. The Morgan fingerprint density at radius 1 is 1.19 bits per heavy atom. The van der Waals surface area contributed by atoms with Gasteiger partial charge in [-0.1, -0.05) is 19.9 Å². The minimum Gasteiger partial charge on any atom is -0.494 e. The lowest BCUT2D eigenvalue weighted by molar-refractivity contribution is 0.302. The van der Waals surface area contributed by atoms with Crippen LogP contribution in [0.1, 0.15) is 20.8 Å². The highest BCUT2D eigenvalue weighted by Gasteiger charge is 1.97. The van der Waals surface area contributed by atoms with E-state index in [0.717, 1.165) is 18.0 Å². The maximum absolute atomic E-state index is 5.60. The van der Waals surface area contributed by atoms with Gasteiger partial charge in [-0.3, -0.25) is 0 Å². The molecule has 0 saturated heterocycles. The van der Waals surface area contributed by atoms with Gasteiger partial charge in [-0.05, 0) is 19.1 Å². The van der Waals surface area contributed by atoms with Crippen molar-refractivity contribution in [3.63, 3.8) is 0 Å². The third-order valence-electron chi connectivity index (χ3n) is 2.04. The topological polar surface area (TPSA) is 30.5 Å². The summed E-state index contributed by atoms with van der Waals surface area (Å²) in [4.78, 5) is 0. The van der Waals surface area contributed by atoms with Gasteiger partial charge in [0.15, 0.2) is 0 Å². The number of benzene rings is 1. The third kappa shape index (κ3) is 5.03. The molecule has 0 aliphatic rings. The Labute approximate surface area is 97.8 Å². The van der Waals surface area contributed by atoms with E-state index in [1.54, 1.807) is 0 Å². The van der Waals surface area contributed by atoms with Crippen LogP contribution in [0.5, 0.6) is 11.5 Å². The summed E-state index contributed by atoms with van der Waals surface area (Å²) in [6.45, 7) is 8.42. The highest BCUT2D eigenvalue weighted by molar-refractivity contribution is 5.32. The lowest BCUT2D eigenvalue weighted by atomic mass is 10.3. The highest BCUT2D eigenvalue weighted by atomic mass is 16.5. The first-order valence-corrected chi connectivity index (χ1v) is 5.81. The zero-order chi connectivity index (χ0) is 11.8. The Morgan fingerprint density at radius 2 is 1.88 bits per heavy atom. The highest BCUT2D eigenvalue weighted by Crippen LogP contribution is 2.18. The summed E-state index contributed by atoms with van der Waals surface area (Å²) in [5.74, 6) is 1.72. The van der Waals surface area contributed by atoms with Gasteiger partial charge in [0.2, 0.25) is 0 Å². The van der Waals surface area contributed by atoms with Crippen LogP contribution in [0.15, 0.2) is 24.3 Å². The second-order valence-corrected chi connectivity index (χ2v) is 3.87. The van der Waals surface area contributed by atoms with Crippen LogP contribution in [0, 0.1) is 0 Å². The molecule has 0 saturated carbocycles. The molecule has 1 aromatic rings. The first kappa shape index (κ1) is 12.8. The summed E-state index contributed by atoms with van der Waals surface area (Å²) in [7, 11) is 0. The SMILES string of the molecule is CCOc1cccc(OCCNC(C)C)c1. The van der Waals surface area contributed by atoms with Crippen LogP contribution < -0.4 is 14.8 Å². The van der Waals surface area contributed by atoms with Crippen LogP contribution in [0.25, 0.3) is 0 Å². The van der Waals surface area contributed by atoms with Gasteiger partial charge in [-0.15, -0.1) is 0 Å². The van der Waals surface area contributed by atoms with E-state index < -0.39 is 0 Å². The van der Waals surface area contributed by atoms with Crippen molar-refractivity contribution in [3.8, 4) is 11.5 Å². The maximum atomic E-state index is 5.60. The minimum absolute atomic E-state index is 0.498. The van der Waals surface area contributed by atoms with Crippen LogP contribution in [-0.2, 0) is 0 Å². The van der Waals surface area contributed by atoms with E-state index in [4.69, 9.17) is 9.47 Å². The predicted octanol–water partition coefficient (Wildman–Crippen LogP) is 2.46. The summed E-state index contributed by atoms with van der Waals surface area (Å²) in [6, 6.07) is 8.23. The Balaban J connectivity index is 2.33. The summed E-state index contributed by atoms with van der Waals surface area (Å²) >= 11 is 0. The first-order valence-electron chi connectivity index (χ1n) is 5.81. The monoisotopic (exact) mass is 223 g/mol. The molecule has 1 aromatic carbocycles. The molecule has 0 heterocycles. The molecule has 1 rings (SSSR count). The lowest BCUT2D eigenvalue weighted by Crippen LogP contribution is -2.27. The third-order valence-corrected chi connectivity index (χ3v) is 2.04. The van der Waals surface area contributed by atoms with E-state index >= 15 is 0 Å². The van der Waals surface area contributed by atoms with Crippen LogP contribution in [-0.4, -0.2) is 25.8 Å². The molecule has 0 fully saturated rings. The molecule has 0 unspecified atom stereocenters. The molecule has 1 N–H and O–H groups in total. The molecule has 3 nitrogen and oxygen atoms in total. The van der Waals surface area contributed by atoms with Gasteiger partial charge in [-0.25, -0.2) is 0 Å². The molecule has 0 bridgehead atoms. The molecule has 0 spiro atoms. The fourth-order valence-corrected chi connectivity index (χ4v) is 1.34. The van der Waals surface area contributed by atoms with Gasteiger partial charge in [0.25, 0.3) is 0 Å². The standard InChI is InChI=1S/C13H21NO2/c1-4-15-12-6-5-7-13(10-12)16-9-8-14-11(2)3/h5-7,10-11,14H,4,8-9H2,1-3H3. The summed E-state index contributed by atoms with van der Waals surface area (Å²) in [5, 5.41) is 3.30. The van der Waals surface area contributed by atoms with E-state index in [1.165, 1.54) is 0 Å². The molecule has 0 aliphatic carbocycles. The Morgan fingerprint density at radius 3 is 2.50 bits per heavy atom. The van der Waals surface area contributed by atoms with Gasteiger partial charge in [0.05, 0.1) is 6.61 Å². The quantitative estimate of drug-likeness (QED) is 0.720. The number of rotatable bonds is 7. The Kier molecular flexibility index (Phi) is 5.72. The summed E-state index contributed by atoms with van der Waals surface area (Å²) in [5.41, 5.74) is 0. The normalized spacial score (nSPS) is 10.5. The van der Waals surface area contributed by atoms with Crippen molar-refractivity contribution in [1.82, 2.24) is 5.32 Å². The Bertz CT molecular complexity index is 300. The molecule has 3 heteroatoms. The largest absolute Gasteiger partial charge is 0.494 e. The van der Waals surface area contributed by atoms with Crippen LogP contribution >= 0.6 is 0 Å². The predicted molar refractivity (Wildman–Crippen MR) is 66.2 cm³/mol. The van der Waals surface area contributed by atoms with E-state index in [0.29, 0.717) is 19.3 Å². The molecule has 0 atom stereocenters. The summed E-state index contributed by atoms with van der Waals surface area (Å²) < 4.78 is 11.0. The van der Waals surface area contributed by atoms with E-state index in [1.807, 2.05) is 31.2 Å². The van der Waals surface area contributed by atoms with Crippen LogP contribution in [0.2, 0.25) is 0 Å². The zero-order valence-corrected chi connectivity index (χ0v) is 10.3. The van der Waals surface area contributed by atoms with Crippen molar-refractivity contribution in [3.05, 3.63) is 24.3 Å². The molecule has 90 valence electrons. The first-order chi connectivity index (χ1) is 7.72. The second-order valence-electron chi connectivity index (χ2n) is 3.87. The average molecular weight is 223 g/mol. The van der Waals surface area contributed by atoms with Crippen molar-refractivity contribution in [2.45, 2.75) is 26.8 Å². The van der Waals surface area contributed by atoms with E-state index in [9.17, 15) is 0 Å². The van der Waals surface area contributed by atoms with E-state index in [-0.39, 0.29) is 0 Å². The van der Waals surface area contributed by atoms with Crippen LogP contribution in [0.4, 0.5) is 0 Å². The fraction of sp³-hybridized carbons (Fsp3) is 0.538. The number of nitrogens with one attached hydrogen (secondary N) is 1. The molecular formula is C13H21NO2. The smallest absolute Gasteiger partial charge is 0.123 e. The molecule has 0 radical (unpaired) electrons. The van der Waals surface area contributed by atoms with Gasteiger partial charge in [0.1, 0.15) is 18.1 Å². The average Bonchev–Trinajstić information content (AvgIpc) is 2.25. The molecular weight excluding hydrogens is 202 g/mol. The number of hydrogen-bond acceptors (Lipinski definition) is 3. The van der Waals surface area contributed by atoms with Gasteiger partial charge in [-0.2, -0.15) is 0 Å². The minimum atomic E-state index is 0.498.